The summed E-state index contributed by atoms with van der Waals surface area (Å²) < 4.78 is 0. The van der Waals surface area contributed by atoms with Crippen LogP contribution in [0.1, 0.15) is 16.5 Å². The van der Waals surface area contributed by atoms with Crippen molar-refractivity contribution in [3.63, 3.8) is 0 Å². The Balaban J connectivity index is 1.64. The largest absolute Gasteiger partial charge is 0.338 e. The van der Waals surface area contributed by atoms with Crippen LogP contribution < -0.4 is 4.90 Å². The third-order valence-electron chi connectivity index (χ3n) is 5.10. The monoisotopic (exact) mass is 419 g/mol. The Morgan fingerprint density at radius 3 is 2.76 bits per heavy atom. The van der Waals surface area contributed by atoms with Crippen LogP contribution in [0.5, 0.6) is 0 Å². The van der Waals surface area contributed by atoms with Crippen molar-refractivity contribution >= 4 is 46.0 Å². The molecule has 1 aliphatic rings. The number of carbonyl (C=O) groups excluding carboxylic acids is 1. The van der Waals surface area contributed by atoms with Gasteiger partial charge >= 0.3 is 0 Å². The molecule has 3 aromatic carbocycles. The maximum absolute atomic E-state index is 12.9. The first kappa shape index (κ1) is 18.3. The minimum atomic E-state index is -0.163. The van der Waals surface area contributed by atoms with E-state index in [0.717, 1.165) is 33.7 Å². The summed E-state index contributed by atoms with van der Waals surface area (Å²) in [4.78, 5) is 22.9. The van der Waals surface area contributed by atoms with Gasteiger partial charge in [0.1, 0.15) is 11.2 Å². The normalized spacial score (nSPS) is 16.7. The van der Waals surface area contributed by atoms with E-state index in [2.05, 4.69) is 18.0 Å². The van der Waals surface area contributed by atoms with Gasteiger partial charge in [-0.15, -0.1) is 11.8 Å². The van der Waals surface area contributed by atoms with Gasteiger partial charge < -0.3 is 4.98 Å². The molecule has 5 rings (SSSR count). The number of amides is 1. The van der Waals surface area contributed by atoms with Crippen molar-refractivity contribution < 1.29 is 4.79 Å². The zero-order chi connectivity index (χ0) is 20.0. The van der Waals surface area contributed by atoms with Crippen LogP contribution in [-0.4, -0.2) is 21.6 Å². The standard InChI is InChI=1S/C23H18ClN3OS/c1-14-10-11-18-19(12-14)26-22(25-18)16-7-3-5-9-20(16)27-21(28)13-29-23(27)15-6-2-4-8-17(15)24/h2-12,23H,13H2,1H3,(H,25,26). The second-order valence-electron chi connectivity index (χ2n) is 7.07. The number of benzene rings is 3. The van der Waals surface area contributed by atoms with E-state index in [0.29, 0.717) is 10.8 Å². The van der Waals surface area contributed by atoms with Gasteiger partial charge in [0.25, 0.3) is 0 Å². The summed E-state index contributed by atoms with van der Waals surface area (Å²) in [6.45, 7) is 2.06. The molecule has 0 radical (unpaired) electrons. The van der Waals surface area contributed by atoms with Gasteiger partial charge in [-0.05, 0) is 42.8 Å². The zero-order valence-corrected chi connectivity index (χ0v) is 17.3. The summed E-state index contributed by atoms with van der Waals surface area (Å²) >= 11 is 8.05. The quantitative estimate of drug-likeness (QED) is 0.445. The number of aromatic nitrogens is 2. The molecule has 6 heteroatoms. The topological polar surface area (TPSA) is 49.0 Å². The molecule has 0 spiro atoms. The Morgan fingerprint density at radius 1 is 1.10 bits per heavy atom. The molecule has 0 aliphatic carbocycles. The van der Waals surface area contributed by atoms with Crippen LogP contribution >= 0.6 is 23.4 Å². The van der Waals surface area contributed by atoms with E-state index in [1.165, 1.54) is 5.56 Å². The van der Waals surface area contributed by atoms with Gasteiger partial charge in [-0.3, -0.25) is 9.69 Å². The summed E-state index contributed by atoms with van der Waals surface area (Å²) in [5.74, 6) is 1.24. The van der Waals surface area contributed by atoms with Crippen molar-refractivity contribution in [1.82, 2.24) is 9.97 Å². The molecule has 1 fully saturated rings. The number of H-pyrrole nitrogens is 1. The predicted molar refractivity (Wildman–Crippen MR) is 120 cm³/mol. The number of fused-ring (bicyclic) bond motifs is 1. The molecule has 0 saturated carbocycles. The number of nitrogens with zero attached hydrogens (tertiary/aromatic N) is 2. The second kappa shape index (κ2) is 7.25. The van der Waals surface area contributed by atoms with E-state index >= 15 is 0 Å². The average molecular weight is 420 g/mol. The van der Waals surface area contributed by atoms with Crippen LogP contribution in [-0.2, 0) is 4.79 Å². The SMILES string of the molecule is Cc1ccc2nc(-c3ccccc3N3C(=O)CSC3c3ccccc3Cl)[nH]c2c1. The number of imidazole rings is 1. The number of hydrogen-bond donors (Lipinski definition) is 1. The van der Waals surface area contributed by atoms with Gasteiger partial charge in [0.15, 0.2) is 0 Å². The molecule has 1 saturated heterocycles. The Hall–Kier alpha value is -2.76. The number of nitrogens with one attached hydrogen (secondary N) is 1. The van der Waals surface area contributed by atoms with Crippen molar-refractivity contribution in [2.75, 3.05) is 10.7 Å². The van der Waals surface area contributed by atoms with E-state index in [4.69, 9.17) is 16.6 Å². The smallest absolute Gasteiger partial charge is 0.238 e. The van der Waals surface area contributed by atoms with Gasteiger partial charge in [0.05, 0.1) is 22.5 Å². The van der Waals surface area contributed by atoms with E-state index in [1.54, 1.807) is 11.8 Å². The fraction of sp³-hybridized carbons (Fsp3) is 0.130. The molecule has 2 heterocycles. The summed E-state index contributed by atoms with van der Waals surface area (Å²) in [5, 5.41) is 0.505. The third kappa shape index (κ3) is 3.20. The van der Waals surface area contributed by atoms with Gasteiger partial charge in [0.2, 0.25) is 5.91 Å². The molecule has 1 aliphatic heterocycles. The highest BCUT2D eigenvalue weighted by molar-refractivity contribution is 8.00. The highest BCUT2D eigenvalue weighted by Crippen LogP contribution is 2.46. The van der Waals surface area contributed by atoms with E-state index in [-0.39, 0.29) is 11.3 Å². The van der Waals surface area contributed by atoms with Crippen LogP contribution in [0.25, 0.3) is 22.4 Å². The minimum Gasteiger partial charge on any atom is -0.338 e. The molecule has 0 bridgehead atoms. The van der Waals surface area contributed by atoms with Crippen molar-refractivity contribution in [3.05, 3.63) is 82.9 Å². The molecule has 144 valence electrons. The van der Waals surface area contributed by atoms with Gasteiger partial charge in [-0.1, -0.05) is 48.0 Å². The summed E-state index contributed by atoms with van der Waals surface area (Å²) in [7, 11) is 0. The van der Waals surface area contributed by atoms with Gasteiger partial charge in [-0.25, -0.2) is 4.98 Å². The molecule has 1 amide bonds. The summed E-state index contributed by atoms with van der Waals surface area (Å²) in [6, 6.07) is 21.7. The average Bonchev–Trinajstić information content (AvgIpc) is 3.31. The van der Waals surface area contributed by atoms with Gasteiger partial charge in [0, 0.05) is 16.1 Å². The van der Waals surface area contributed by atoms with Crippen LogP contribution in [0.3, 0.4) is 0 Å². The lowest BCUT2D eigenvalue weighted by Gasteiger charge is -2.26. The van der Waals surface area contributed by atoms with Crippen LogP contribution in [0.4, 0.5) is 5.69 Å². The number of hydrogen-bond acceptors (Lipinski definition) is 3. The van der Waals surface area contributed by atoms with Crippen molar-refractivity contribution in [2.45, 2.75) is 12.3 Å². The molecule has 4 aromatic rings. The lowest BCUT2D eigenvalue weighted by molar-refractivity contribution is -0.115. The van der Waals surface area contributed by atoms with Gasteiger partial charge in [-0.2, -0.15) is 0 Å². The second-order valence-corrected chi connectivity index (χ2v) is 8.55. The number of para-hydroxylation sites is 1. The summed E-state index contributed by atoms with van der Waals surface area (Å²) in [5.41, 5.74) is 5.74. The molecule has 1 unspecified atom stereocenters. The lowest BCUT2D eigenvalue weighted by atomic mass is 10.1. The molecule has 1 N–H and O–H groups in total. The minimum absolute atomic E-state index is 0.0688. The van der Waals surface area contributed by atoms with Crippen LogP contribution in [0.15, 0.2) is 66.7 Å². The number of anilines is 1. The highest BCUT2D eigenvalue weighted by atomic mass is 35.5. The molecule has 29 heavy (non-hydrogen) atoms. The highest BCUT2D eigenvalue weighted by Gasteiger charge is 2.36. The maximum atomic E-state index is 12.9. The van der Waals surface area contributed by atoms with Crippen LogP contribution in [0, 0.1) is 6.92 Å². The maximum Gasteiger partial charge on any atom is 0.238 e. The number of thioether (sulfide) groups is 1. The lowest BCUT2D eigenvalue weighted by Crippen LogP contribution is -2.28. The first-order chi connectivity index (χ1) is 14.1. The molecule has 4 nitrogen and oxygen atoms in total. The van der Waals surface area contributed by atoms with E-state index < -0.39 is 0 Å². The first-order valence-corrected chi connectivity index (χ1v) is 10.8. The Morgan fingerprint density at radius 2 is 1.90 bits per heavy atom. The number of halogens is 1. The molecule has 1 atom stereocenters. The number of rotatable bonds is 3. The summed E-state index contributed by atoms with van der Waals surface area (Å²) in [6.07, 6.45) is 0. The fourth-order valence-corrected chi connectivity index (χ4v) is 5.23. The number of carbonyl (C=O) groups is 1. The Bertz CT molecular complexity index is 1240. The Labute approximate surface area is 177 Å². The molecular weight excluding hydrogens is 402 g/mol. The molecule has 1 aromatic heterocycles. The predicted octanol–water partition coefficient (Wildman–Crippen LogP) is 5.97. The van der Waals surface area contributed by atoms with Crippen molar-refractivity contribution in [1.29, 1.82) is 0 Å². The fourth-order valence-electron chi connectivity index (χ4n) is 3.72. The van der Waals surface area contributed by atoms with Crippen LogP contribution in [0.2, 0.25) is 5.02 Å². The zero-order valence-electron chi connectivity index (χ0n) is 15.7. The third-order valence-corrected chi connectivity index (χ3v) is 6.63. The van der Waals surface area contributed by atoms with E-state index in [1.807, 2.05) is 65.6 Å². The number of aryl methyl sites for hydroxylation is 1. The van der Waals surface area contributed by atoms with E-state index in [9.17, 15) is 4.79 Å². The molecular formula is C23H18ClN3OS. The first-order valence-electron chi connectivity index (χ1n) is 9.36. The van der Waals surface area contributed by atoms with Crippen molar-refractivity contribution in [2.24, 2.45) is 0 Å². The van der Waals surface area contributed by atoms with Crippen molar-refractivity contribution in [3.8, 4) is 11.4 Å². The Kier molecular flexibility index (Phi) is 4.57. The number of aromatic amines is 1.